The molecule has 1 aliphatic rings. The van der Waals surface area contributed by atoms with E-state index in [4.69, 9.17) is 34.0 Å². The molecule has 0 spiro atoms. The molecule has 0 saturated carbocycles. The van der Waals surface area contributed by atoms with Gasteiger partial charge in [0.05, 0.1) is 25.7 Å². The normalized spacial score (nSPS) is 10.9. The van der Waals surface area contributed by atoms with Crippen molar-refractivity contribution in [2.24, 2.45) is 0 Å². The van der Waals surface area contributed by atoms with Gasteiger partial charge in [-0.05, 0) is 72.3 Å². The van der Waals surface area contributed by atoms with Crippen molar-refractivity contribution in [2.75, 3.05) is 41.0 Å². The number of carboxylic acids is 2. The topological polar surface area (TPSA) is 140 Å². The van der Waals surface area contributed by atoms with E-state index in [0.29, 0.717) is 4.86 Å². The molecule has 224 valence electrons. The number of rotatable bonds is 10. The quantitative estimate of drug-likeness (QED) is 0.203. The van der Waals surface area contributed by atoms with E-state index < -0.39 is 22.2 Å². The average molecular weight is 598 g/mol. The number of benzene rings is 3. The number of likely N-dealkylation sites (N-methyl/N-ethyl adjacent to an activating group) is 1. The highest BCUT2D eigenvalue weighted by molar-refractivity contribution is 7.74. The molecule has 11 heteroatoms. The molecule has 0 radical (unpaired) electrons. The van der Waals surface area contributed by atoms with E-state index in [1.54, 1.807) is 26.4 Å². The fourth-order valence-corrected chi connectivity index (χ4v) is 4.17. The molecule has 0 aromatic heterocycles. The maximum absolute atomic E-state index is 10.6. The van der Waals surface area contributed by atoms with Gasteiger partial charge in [0.2, 0.25) is 10.3 Å². The molecule has 1 aliphatic carbocycles. The highest BCUT2D eigenvalue weighted by Gasteiger charge is 2.06. The number of carbonyl (C=O) groups is 2. The average Bonchev–Trinajstić information content (AvgIpc) is 3.44. The maximum atomic E-state index is 10.6. The van der Waals surface area contributed by atoms with E-state index in [0.717, 1.165) is 60.2 Å². The second-order valence-corrected chi connectivity index (χ2v) is 9.86. The predicted molar refractivity (Wildman–Crippen MR) is 161 cm³/mol. The Morgan fingerprint density at radius 2 is 1.36 bits per heavy atom. The zero-order valence-electron chi connectivity index (χ0n) is 23.7. The van der Waals surface area contributed by atoms with E-state index in [2.05, 4.69) is 18.0 Å². The molecule has 3 aromatic rings. The van der Waals surface area contributed by atoms with Gasteiger partial charge in [-0.15, -0.1) is 0 Å². The summed E-state index contributed by atoms with van der Waals surface area (Å²) >= 11 is 0. The van der Waals surface area contributed by atoms with Crippen LogP contribution < -0.4 is 24.6 Å². The maximum Gasteiger partial charge on any atom is 0.414 e. The minimum absolute atomic E-state index is 0.358. The molecule has 0 saturated heterocycles. The standard InChI is InChI=1S/C20H27NO3.C9H6O2S.C2H2O4/c1-21(13-7-15-24-18-8-5-4-6-9-18)14-12-17-10-11-19(22-2)20(16-17)23-3;10-12(11)9-5-7-3-1-2-4-8(7)6-9;3-1(4)2(5)6/h4-6,8-11,16H,7,12-15H2,1-3H3;1-6H;(H,3,4)(H,5,6). The molecule has 0 aliphatic heterocycles. The number of hydrogen-bond donors (Lipinski definition) is 2. The minimum Gasteiger partial charge on any atom is -0.494 e. The number of methoxy groups -OCH3 is 2. The SMILES string of the molecule is COc1ccc(CCN(C)CCCOc2ccccc2)cc1OC.O=C(O)C(=O)O.O=S(=O)=C1C=c2ccccc2=C1. The summed E-state index contributed by atoms with van der Waals surface area (Å²) < 4.78 is 37.5. The van der Waals surface area contributed by atoms with Gasteiger partial charge in [-0.3, -0.25) is 0 Å². The van der Waals surface area contributed by atoms with Crippen LogP contribution in [0.25, 0.3) is 12.2 Å². The van der Waals surface area contributed by atoms with Gasteiger partial charge in [-0.25, -0.2) is 9.59 Å². The first-order valence-electron chi connectivity index (χ1n) is 12.9. The van der Waals surface area contributed by atoms with E-state index in [-0.39, 0.29) is 0 Å². The van der Waals surface area contributed by atoms with Gasteiger partial charge in [0.25, 0.3) is 0 Å². The van der Waals surface area contributed by atoms with Crippen LogP contribution in [0.5, 0.6) is 17.2 Å². The molecule has 42 heavy (non-hydrogen) atoms. The summed E-state index contributed by atoms with van der Waals surface area (Å²) in [6.45, 7) is 2.76. The summed E-state index contributed by atoms with van der Waals surface area (Å²) in [5, 5.41) is 16.7. The molecule has 0 unspecified atom stereocenters. The van der Waals surface area contributed by atoms with Crippen molar-refractivity contribution in [3.8, 4) is 17.2 Å². The summed E-state index contributed by atoms with van der Waals surface area (Å²) in [5.41, 5.74) is 1.25. The van der Waals surface area contributed by atoms with Crippen molar-refractivity contribution in [2.45, 2.75) is 12.8 Å². The molecule has 0 fully saturated rings. The zero-order valence-corrected chi connectivity index (χ0v) is 24.5. The van der Waals surface area contributed by atoms with E-state index in [9.17, 15) is 8.42 Å². The molecule has 3 aromatic carbocycles. The second kappa shape index (κ2) is 17.9. The highest BCUT2D eigenvalue weighted by atomic mass is 32.2. The Labute approximate surface area is 246 Å². The summed E-state index contributed by atoms with van der Waals surface area (Å²) in [6, 6.07) is 23.6. The monoisotopic (exact) mass is 597 g/mol. The van der Waals surface area contributed by atoms with Crippen LogP contribution in [0.4, 0.5) is 0 Å². The fourth-order valence-electron chi connectivity index (χ4n) is 3.73. The molecule has 0 atom stereocenters. The van der Waals surface area contributed by atoms with Gasteiger partial charge in [0, 0.05) is 13.1 Å². The van der Waals surface area contributed by atoms with Crippen LogP contribution in [0.2, 0.25) is 0 Å². The van der Waals surface area contributed by atoms with Crippen molar-refractivity contribution in [3.05, 3.63) is 88.8 Å². The lowest BCUT2D eigenvalue weighted by Crippen LogP contribution is -2.23. The zero-order chi connectivity index (χ0) is 30.9. The number of hydrogen-bond acceptors (Lipinski definition) is 8. The van der Waals surface area contributed by atoms with Crippen LogP contribution in [0.3, 0.4) is 0 Å². The first-order chi connectivity index (χ1) is 20.1. The van der Waals surface area contributed by atoms with Crippen LogP contribution in [-0.2, 0) is 26.3 Å². The summed E-state index contributed by atoms with van der Waals surface area (Å²) in [7, 11) is 3.35. The lowest BCUT2D eigenvalue weighted by Gasteiger charge is -2.17. The summed E-state index contributed by atoms with van der Waals surface area (Å²) in [5.74, 6) is -1.16. The largest absolute Gasteiger partial charge is 0.494 e. The number of nitrogens with zero attached hydrogens (tertiary/aromatic N) is 1. The number of aliphatic carboxylic acids is 2. The van der Waals surface area contributed by atoms with Crippen molar-refractivity contribution in [3.63, 3.8) is 0 Å². The highest BCUT2D eigenvalue weighted by Crippen LogP contribution is 2.27. The molecule has 2 N–H and O–H groups in total. The first-order valence-corrected chi connectivity index (χ1v) is 14.0. The number of para-hydroxylation sites is 1. The predicted octanol–water partition coefficient (Wildman–Crippen LogP) is 2.12. The Bertz CT molecular complexity index is 1530. The number of fused-ring (bicyclic) bond motifs is 1. The third-order valence-electron chi connectivity index (χ3n) is 5.89. The molecule has 0 bridgehead atoms. The molecule has 10 nitrogen and oxygen atoms in total. The smallest absolute Gasteiger partial charge is 0.414 e. The van der Waals surface area contributed by atoms with Crippen molar-refractivity contribution in [1.82, 2.24) is 4.90 Å². The number of carboxylic acid groups (broad SMARTS) is 2. The van der Waals surface area contributed by atoms with Gasteiger partial charge < -0.3 is 29.3 Å². The molecule has 0 amide bonds. The van der Waals surface area contributed by atoms with Gasteiger partial charge in [-0.1, -0.05) is 48.5 Å². The number of ether oxygens (including phenoxy) is 3. The lowest BCUT2D eigenvalue weighted by atomic mass is 10.1. The Morgan fingerprint density at radius 3 is 1.88 bits per heavy atom. The van der Waals surface area contributed by atoms with E-state index >= 15 is 0 Å². The summed E-state index contributed by atoms with van der Waals surface area (Å²) in [6.07, 6.45) is 5.32. The van der Waals surface area contributed by atoms with Crippen LogP contribution in [0.15, 0.2) is 72.8 Å². The Kier molecular flexibility index (Phi) is 14.4. The Hall–Kier alpha value is -4.61. The third-order valence-corrected chi connectivity index (χ3v) is 6.51. The minimum atomic E-state index is -2.11. The molecule has 0 heterocycles. The van der Waals surface area contributed by atoms with Crippen LogP contribution in [-0.4, -0.2) is 81.3 Å². The second-order valence-electron chi connectivity index (χ2n) is 8.92. The Balaban J connectivity index is 0.000000281. The van der Waals surface area contributed by atoms with Crippen molar-refractivity contribution in [1.29, 1.82) is 0 Å². The van der Waals surface area contributed by atoms with Crippen molar-refractivity contribution < 1.29 is 42.4 Å². The van der Waals surface area contributed by atoms with Crippen LogP contribution in [0, 0.1) is 0 Å². The van der Waals surface area contributed by atoms with Gasteiger partial charge in [0.1, 0.15) is 5.75 Å². The molecular weight excluding hydrogens is 562 g/mol. The van der Waals surface area contributed by atoms with Crippen LogP contribution in [0.1, 0.15) is 12.0 Å². The first kappa shape index (κ1) is 33.6. The van der Waals surface area contributed by atoms with Gasteiger partial charge >= 0.3 is 11.9 Å². The third kappa shape index (κ3) is 11.9. The van der Waals surface area contributed by atoms with Gasteiger partial charge in [-0.2, -0.15) is 8.42 Å². The van der Waals surface area contributed by atoms with Gasteiger partial charge in [0.15, 0.2) is 11.5 Å². The molecular formula is C31H35NO9S. The lowest BCUT2D eigenvalue weighted by molar-refractivity contribution is -0.159. The molecule has 4 rings (SSSR count). The van der Waals surface area contributed by atoms with E-state index in [1.165, 1.54) is 5.56 Å². The van der Waals surface area contributed by atoms with Crippen molar-refractivity contribution >= 4 is 39.2 Å². The summed E-state index contributed by atoms with van der Waals surface area (Å²) in [4.78, 5) is 20.9. The van der Waals surface area contributed by atoms with E-state index in [1.807, 2.05) is 66.7 Å². The van der Waals surface area contributed by atoms with Crippen LogP contribution >= 0.6 is 0 Å². The fraction of sp³-hybridized carbons (Fsp3) is 0.258. The Morgan fingerprint density at radius 1 is 0.786 bits per heavy atom.